The van der Waals surface area contributed by atoms with E-state index >= 15 is 0 Å². The average molecular weight is 218 g/mol. The van der Waals surface area contributed by atoms with Gasteiger partial charge in [-0.25, -0.2) is 0 Å². The summed E-state index contributed by atoms with van der Waals surface area (Å²) >= 11 is 0. The number of ketones is 1. The van der Waals surface area contributed by atoms with Crippen LogP contribution in [-0.4, -0.2) is 10.9 Å². The van der Waals surface area contributed by atoms with Gasteiger partial charge in [-0.3, -0.25) is 4.79 Å². The molecule has 1 aliphatic rings. The fourth-order valence-corrected chi connectivity index (χ4v) is 2.24. The van der Waals surface area contributed by atoms with Crippen molar-refractivity contribution in [3.8, 4) is 0 Å². The van der Waals surface area contributed by atoms with Crippen LogP contribution in [0.15, 0.2) is 18.2 Å². The summed E-state index contributed by atoms with van der Waals surface area (Å²) in [5, 5.41) is 9.94. The zero-order valence-electron chi connectivity index (χ0n) is 9.86. The second-order valence-corrected chi connectivity index (χ2v) is 4.84. The Morgan fingerprint density at radius 3 is 2.62 bits per heavy atom. The number of benzene rings is 1. The molecule has 2 nitrogen and oxygen atoms in total. The molecular formula is C14H18O2. The fraction of sp³-hybridized carbons (Fsp3) is 0.500. The first-order valence-corrected chi connectivity index (χ1v) is 5.93. The number of hydrogen-bond acceptors (Lipinski definition) is 2. The molecule has 0 fully saturated rings. The number of carbonyl (C=O) groups is 1. The van der Waals surface area contributed by atoms with Crippen LogP contribution in [0.25, 0.3) is 0 Å². The first kappa shape index (κ1) is 11.3. The van der Waals surface area contributed by atoms with Gasteiger partial charge in [-0.05, 0) is 36.0 Å². The molecule has 2 rings (SSSR count). The van der Waals surface area contributed by atoms with Gasteiger partial charge in [-0.2, -0.15) is 0 Å². The van der Waals surface area contributed by atoms with Crippen molar-refractivity contribution in [1.29, 1.82) is 0 Å². The summed E-state index contributed by atoms with van der Waals surface area (Å²) < 4.78 is 0. The SMILES string of the molecule is CC(C)C(=O)C(O)c1ccc2c(c1)CCC2. The van der Waals surface area contributed by atoms with E-state index in [1.807, 2.05) is 26.0 Å². The first-order valence-electron chi connectivity index (χ1n) is 5.93. The Morgan fingerprint density at radius 1 is 1.25 bits per heavy atom. The summed E-state index contributed by atoms with van der Waals surface area (Å²) in [7, 11) is 0. The van der Waals surface area contributed by atoms with E-state index < -0.39 is 6.10 Å². The number of rotatable bonds is 3. The fourth-order valence-electron chi connectivity index (χ4n) is 2.24. The monoisotopic (exact) mass is 218 g/mol. The Morgan fingerprint density at radius 2 is 1.94 bits per heavy atom. The van der Waals surface area contributed by atoms with Gasteiger partial charge in [-0.15, -0.1) is 0 Å². The van der Waals surface area contributed by atoms with Crippen LogP contribution < -0.4 is 0 Å². The smallest absolute Gasteiger partial charge is 0.168 e. The lowest BCUT2D eigenvalue weighted by atomic mass is 9.95. The van der Waals surface area contributed by atoms with Crippen LogP contribution in [0.4, 0.5) is 0 Å². The van der Waals surface area contributed by atoms with Gasteiger partial charge in [0.05, 0.1) is 0 Å². The maximum atomic E-state index is 11.7. The van der Waals surface area contributed by atoms with Crippen LogP contribution in [0.5, 0.6) is 0 Å². The highest BCUT2D eigenvalue weighted by atomic mass is 16.3. The summed E-state index contributed by atoms with van der Waals surface area (Å²) in [5.41, 5.74) is 3.42. The number of hydrogen-bond donors (Lipinski definition) is 1. The molecule has 0 aliphatic heterocycles. The van der Waals surface area contributed by atoms with Crippen molar-refractivity contribution in [3.05, 3.63) is 34.9 Å². The molecule has 0 spiro atoms. The molecular weight excluding hydrogens is 200 g/mol. The Kier molecular flexibility index (Phi) is 3.10. The lowest BCUT2D eigenvalue weighted by Gasteiger charge is -2.13. The van der Waals surface area contributed by atoms with Gasteiger partial charge in [0.15, 0.2) is 5.78 Å². The second kappa shape index (κ2) is 4.38. The van der Waals surface area contributed by atoms with Gasteiger partial charge in [0.25, 0.3) is 0 Å². The third-order valence-corrected chi connectivity index (χ3v) is 3.28. The minimum Gasteiger partial charge on any atom is -0.381 e. The maximum Gasteiger partial charge on any atom is 0.168 e. The molecule has 16 heavy (non-hydrogen) atoms. The molecule has 0 saturated heterocycles. The minimum absolute atomic E-state index is 0.0991. The summed E-state index contributed by atoms with van der Waals surface area (Å²) in [6.45, 7) is 3.64. The topological polar surface area (TPSA) is 37.3 Å². The average Bonchev–Trinajstić information content (AvgIpc) is 2.73. The quantitative estimate of drug-likeness (QED) is 0.846. The lowest BCUT2D eigenvalue weighted by Crippen LogP contribution is -2.17. The van der Waals surface area contributed by atoms with E-state index in [0.29, 0.717) is 0 Å². The Balaban J connectivity index is 2.24. The number of Topliss-reactive ketones (excluding diaryl/α,β-unsaturated/α-hetero) is 1. The van der Waals surface area contributed by atoms with Crippen LogP contribution in [0.3, 0.4) is 0 Å². The summed E-state index contributed by atoms with van der Waals surface area (Å²) in [6, 6.07) is 5.93. The minimum atomic E-state index is -0.953. The molecule has 1 atom stereocenters. The number of carbonyl (C=O) groups excluding carboxylic acids is 1. The maximum absolute atomic E-state index is 11.7. The van der Waals surface area contributed by atoms with Crippen LogP contribution in [0.2, 0.25) is 0 Å². The highest BCUT2D eigenvalue weighted by Gasteiger charge is 2.21. The lowest BCUT2D eigenvalue weighted by molar-refractivity contribution is -0.130. The molecule has 1 aliphatic carbocycles. The van der Waals surface area contributed by atoms with Crippen LogP contribution in [0, 0.1) is 5.92 Å². The summed E-state index contributed by atoms with van der Waals surface area (Å²) in [4.78, 5) is 11.7. The first-order chi connectivity index (χ1) is 7.59. The molecule has 0 bridgehead atoms. The van der Waals surface area contributed by atoms with Crippen molar-refractivity contribution < 1.29 is 9.90 Å². The predicted molar refractivity (Wildman–Crippen MR) is 63.3 cm³/mol. The molecule has 0 saturated carbocycles. The van der Waals surface area contributed by atoms with Gasteiger partial charge in [0, 0.05) is 5.92 Å². The van der Waals surface area contributed by atoms with E-state index in [9.17, 15) is 9.90 Å². The van der Waals surface area contributed by atoms with Crippen LogP contribution in [-0.2, 0) is 17.6 Å². The Bertz CT molecular complexity index is 407. The largest absolute Gasteiger partial charge is 0.381 e. The van der Waals surface area contributed by atoms with Crippen molar-refractivity contribution >= 4 is 5.78 Å². The van der Waals surface area contributed by atoms with Crippen molar-refractivity contribution in [3.63, 3.8) is 0 Å². The van der Waals surface area contributed by atoms with Crippen molar-refractivity contribution in [2.24, 2.45) is 5.92 Å². The van der Waals surface area contributed by atoms with Gasteiger partial charge >= 0.3 is 0 Å². The number of aliphatic hydroxyl groups is 1. The van der Waals surface area contributed by atoms with Gasteiger partial charge in [-0.1, -0.05) is 32.0 Å². The zero-order valence-corrected chi connectivity index (χ0v) is 9.86. The van der Waals surface area contributed by atoms with E-state index in [-0.39, 0.29) is 11.7 Å². The molecule has 0 radical (unpaired) electrons. The molecule has 1 aromatic rings. The second-order valence-electron chi connectivity index (χ2n) is 4.84. The van der Waals surface area contributed by atoms with E-state index in [0.717, 1.165) is 18.4 Å². The third kappa shape index (κ3) is 2.03. The van der Waals surface area contributed by atoms with E-state index in [4.69, 9.17) is 0 Å². The molecule has 1 aromatic carbocycles. The highest BCUT2D eigenvalue weighted by molar-refractivity contribution is 5.85. The highest BCUT2D eigenvalue weighted by Crippen LogP contribution is 2.26. The summed E-state index contributed by atoms with van der Waals surface area (Å²) in [6.07, 6.45) is 2.44. The normalized spacial score (nSPS) is 16.2. The van der Waals surface area contributed by atoms with E-state index in [2.05, 4.69) is 6.07 Å². The van der Waals surface area contributed by atoms with Crippen LogP contribution >= 0.6 is 0 Å². The number of fused-ring (bicyclic) bond motifs is 1. The Labute approximate surface area is 96.3 Å². The van der Waals surface area contributed by atoms with Crippen molar-refractivity contribution in [1.82, 2.24) is 0 Å². The summed E-state index contributed by atoms with van der Waals surface area (Å²) in [5.74, 6) is -0.221. The zero-order chi connectivity index (χ0) is 11.7. The molecule has 1 N–H and O–H groups in total. The number of aryl methyl sites for hydroxylation is 2. The molecule has 86 valence electrons. The van der Waals surface area contributed by atoms with E-state index in [1.54, 1.807) is 0 Å². The standard InChI is InChI=1S/C14H18O2/c1-9(2)13(15)14(16)12-7-6-10-4-3-5-11(10)8-12/h6-9,14,16H,3-5H2,1-2H3. The van der Waals surface area contributed by atoms with Gasteiger partial charge < -0.3 is 5.11 Å². The van der Waals surface area contributed by atoms with Crippen molar-refractivity contribution in [2.45, 2.75) is 39.2 Å². The van der Waals surface area contributed by atoms with Crippen LogP contribution in [0.1, 0.15) is 43.1 Å². The Hall–Kier alpha value is -1.15. The van der Waals surface area contributed by atoms with E-state index in [1.165, 1.54) is 17.5 Å². The predicted octanol–water partition coefficient (Wildman–Crippen LogP) is 2.43. The third-order valence-electron chi connectivity index (χ3n) is 3.28. The van der Waals surface area contributed by atoms with Gasteiger partial charge in [0.1, 0.15) is 6.10 Å². The molecule has 1 unspecified atom stereocenters. The number of aliphatic hydroxyl groups excluding tert-OH is 1. The molecule has 2 heteroatoms. The molecule has 0 amide bonds. The molecule has 0 heterocycles. The van der Waals surface area contributed by atoms with Crippen molar-refractivity contribution in [2.75, 3.05) is 0 Å². The van der Waals surface area contributed by atoms with Gasteiger partial charge in [0.2, 0.25) is 0 Å². The molecule has 0 aromatic heterocycles.